The van der Waals surface area contributed by atoms with Gasteiger partial charge in [-0.05, 0) is 17.7 Å². The van der Waals surface area contributed by atoms with Gasteiger partial charge >= 0.3 is 5.69 Å². The molecule has 1 aromatic heterocycles. The van der Waals surface area contributed by atoms with Gasteiger partial charge in [0.2, 0.25) is 0 Å². The van der Waals surface area contributed by atoms with Crippen molar-refractivity contribution in [1.29, 1.82) is 0 Å². The zero-order chi connectivity index (χ0) is 16.4. The normalized spacial score (nSPS) is 11.1. The van der Waals surface area contributed by atoms with Gasteiger partial charge in [0.1, 0.15) is 5.82 Å². The molecule has 0 spiro atoms. The largest absolute Gasteiger partial charge is 0.383 e. The lowest BCUT2D eigenvalue weighted by atomic mass is 10.2. The number of aromatic nitrogens is 2. The lowest BCUT2D eigenvalue weighted by Gasteiger charge is -2.11. The van der Waals surface area contributed by atoms with E-state index in [1.54, 1.807) is 6.21 Å². The van der Waals surface area contributed by atoms with Gasteiger partial charge in [-0.15, -0.1) is 0 Å². The van der Waals surface area contributed by atoms with E-state index in [4.69, 9.17) is 5.73 Å². The Morgan fingerprint density at radius 2 is 1.68 bits per heavy atom. The predicted octanol–water partition coefficient (Wildman–Crippen LogP) is 0.483. The molecule has 7 nitrogen and oxygen atoms in total. The van der Waals surface area contributed by atoms with Crippen molar-refractivity contribution < 1.29 is 0 Å². The Labute approximate surface area is 127 Å². The molecule has 116 valence electrons. The first-order valence-electron chi connectivity index (χ1n) is 6.70. The molecule has 2 aromatic rings. The molecule has 0 radical (unpaired) electrons. The van der Waals surface area contributed by atoms with E-state index in [0.717, 1.165) is 15.8 Å². The molecule has 0 amide bonds. The van der Waals surface area contributed by atoms with Crippen molar-refractivity contribution in [2.45, 2.75) is 0 Å². The highest BCUT2D eigenvalue weighted by atomic mass is 16.2. The molecule has 0 fully saturated rings. The quantitative estimate of drug-likeness (QED) is 0.836. The molecule has 0 saturated carbocycles. The fourth-order valence-electron chi connectivity index (χ4n) is 1.96. The maximum absolute atomic E-state index is 12.1. The molecule has 22 heavy (non-hydrogen) atoms. The first-order chi connectivity index (χ1) is 10.3. The van der Waals surface area contributed by atoms with E-state index in [-0.39, 0.29) is 11.5 Å². The lowest BCUT2D eigenvalue weighted by molar-refractivity contribution is 0.695. The van der Waals surface area contributed by atoms with Gasteiger partial charge in [-0.3, -0.25) is 13.9 Å². The van der Waals surface area contributed by atoms with Crippen LogP contribution in [-0.2, 0) is 14.1 Å². The van der Waals surface area contributed by atoms with Crippen molar-refractivity contribution in [3.05, 3.63) is 50.7 Å². The lowest BCUT2D eigenvalue weighted by Crippen LogP contribution is -2.37. The summed E-state index contributed by atoms with van der Waals surface area (Å²) in [6.07, 6.45) is 1.55. The second-order valence-electron chi connectivity index (χ2n) is 5.18. The highest BCUT2D eigenvalue weighted by Crippen LogP contribution is 2.15. The maximum atomic E-state index is 12.1. The molecule has 1 aromatic carbocycles. The van der Waals surface area contributed by atoms with Crippen molar-refractivity contribution in [3.8, 4) is 0 Å². The van der Waals surface area contributed by atoms with E-state index in [1.165, 1.54) is 18.7 Å². The number of nitrogens with two attached hydrogens (primary N) is 1. The summed E-state index contributed by atoms with van der Waals surface area (Å²) in [5.41, 5.74) is 6.78. The van der Waals surface area contributed by atoms with Gasteiger partial charge in [0.15, 0.2) is 5.69 Å². The fourth-order valence-corrected chi connectivity index (χ4v) is 1.96. The standard InChI is InChI=1S/C15H19N5O2/c1-18(2)11-7-5-10(6-8-11)9-17-12-13(16)19(3)15(22)20(4)14(12)21/h5-9H,16H2,1-4H3. The first kappa shape index (κ1) is 15.6. The van der Waals surface area contributed by atoms with Gasteiger partial charge < -0.3 is 10.6 Å². The van der Waals surface area contributed by atoms with E-state index in [1.807, 2.05) is 43.3 Å². The van der Waals surface area contributed by atoms with Crippen molar-refractivity contribution >= 4 is 23.4 Å². The van der Waals surface area contributed by atoms with E-state index in [2.05, 4.69) is 4.99 Å². The van der Waals surface area contributed by atoms with Crippen LogP contribution >= 0.6 is 0 Å². The summed E-state index contributed by atoms with van der Waals surface area (Å²) >= 11 is 0. The summed E-state index contributed by atoms with van der Waals surface area (Å²) in [6, 6.07) is 7.68. The SMILES string of the molecule is CN(C)c1ccc(C=Nc2c(N)n(C)c(=O)n(C)c2=O)cc1. The van der Waals surface area contributed by atoms with Crippen molar-refractivity contribution in [2.24, 2.45) is 19.1 Å². The Morgan fingerprint density at radius 3 is 2.23 bits per heavy atom. The number of hydrogen-bond donors (Lipinski definition) is 1. The van der Waals surface area contributed by atoms with Crippen molar-refractivity contribution in [1.82, 2.24) is 9.13 Å². The molecule has 0 aliphatic carbocycles. The smallest absolute Gasteiger partial charge is 0.332 e. The minimum atomic E-state index is -0.512. The second-order valence-corrected chi connectivity index (χ2v) is 5.18. The molecule has 0 unspecified atom stereocenters. The summed E-state index contributed by atoms with van der Waals surface area (Å²) in [4.78, 5) is 29.9. The Hall–Kier alpha value is -2.83. The average molecular weight is 301 g/mol. The Morgan fingerprint density at radius 1 is 1.09 bits per heavy atom. The number of benzene rings is 1. The molecule has 2 N–H and O–H groups in total. The van der Waals surface area contributed by atoms with Crippen molar-refractivity contribution in [3.63, 3.8) is 0 Å². The zero-order valence-corrected chi connectivity index (χ0v) is 13.1. The number of anilines is 2. The molecule has 1 heterocycles. The molecule has 0 aliphatic rings. The third kappa shape index (κ3) is 2.78. The van der Waals surface area contributed by atoms with Crippen LogP contribution in [0.3, 0.4) is 0 Å². The van der Waals surface area contributed by atoms with E-state index < -0.39 is 11.2 Å². The van der Waals surface area contributed by atoms with Gasteiger partial charge in [-0.25, -0.2) is 9.79 Å². The monoisotopic (exact) mass is 301 g/mol. The van der Waals surface area contributed by atoms with Crippen LogP contribution in [0.2, 0.25) is 0 Å². The summed E-state index contributed by atoms with van der Waals surface area (Å²) in [5.74, 6) is 0.0502. The highest BCUT2D eigenvalue weighted by Gasteiger charge is 2.11. The molecule has 0 bridgehead atoms. The van der Waals surface area contributed by atoms with Crippen LogP contribution in [0.15, 0.2) is 38.8 Å². The molecule has 0 atom stereocenters. The topological polar surface area (TPSA) is 85.6 Å². The molecule has 2 rings (SSSR count). The number of rotatable bonds is 3. The number of nitrogens with zero attached hydrogens (tertiary/aromatic N) is 4. The number of hydrogen-bond acceptors (Lipinski definition) is 5. The Kier molecular flexibility index (Phi) is 4.16. The third-order valence-corrected chi connectivity index (χ3v) is 3.44. The van der Waals surface area contributed by atoms with Crippen molar-refractivity contribution in [2.75, 3.05) is 24.7 Å². The molecular formula is C15H19N5O2. The highest BCUT2D eigenvalue weighted by molar-refractivity contribution is 5.83. The summed E-state index contributed by atoms with van der Waals surface area (Å²) in [5, 5.41) is 0. The van der Waals surface area contributed by atoms with Crippen LogP contribution in [-0.4, -0.2) is 29.4 Å². The third-order valence-electron chi connectivity index (χ3n) is 3.44. The first-order valence-corrected chi connectivity index (χ1v) is 6.70. The zero-order valence-electron chi connectivity index (χ0n) is 13.1. The Balaban J connectivity index is 2.43. The van der Waals surface area contributed by atoms with Gasteiger partial charge in [-0.1, -0.05) is 12.1 Å². The Bertz CT molecular complexity index is 829. The van der Waals surface area contributed by atoms with Crippen LogP contribution < -0.4 is 21.9 Å². The summed E-state index contributed by atoms with van der Waals surface area (Å²) in [6.45, 7) is 0. The van der Waals surface area contributed by atoms with Gasteiger partial charge in [0, 0.05) is 40.1 Å². The average Bonchev–Trinajstić information content (AvgIpc) is 2.51. The van der Waals surface area contributed by atoms with Gasteiger partial charge in [-0.2, -0.15) is 0 Å². The minimum absolute atomic E-state index is 0.0502. The molecular weight excluding hydrogens is 282 g/mol. The fraction of sp³-hybridized carbons (Fsp3) is 0.267. The van der Waals surface area contributed by atoms with Crippen LogP contribution in [0.25, 0.3) is 0 Å². The number of aliphatic imine (C=N–C) groups is 1. The summed E-state index contributed by atoms with van der Waals surface area (Å²) < 4.78 is 2.18. The van der Waals surface area contributed by atoms with E-state index in [9.17, 15) is 9.59 Å². The van der Waals surface area contributed by atoms with Crippen LogP contribution in [0.5, 0.6) is 0 Å². The van der Waals surface area contributed by atoms with Crippen LogP contribution in [0.4, 0.5) is 17.2 Å². The van der Waals surface area contributed by atoms with Crippen LogP contribution in [0, 0.1) is 0 Å². The maximum Gasteiger partial charge on any atom is 0.332 e. The molecule has 7 heteroatoms. The van der Waals surface area contributed by atoms with Crippen LogP contribution in [0.1, 0.15) is 5.56 Å². The van der Waals surface area contributed by atoms with Gasteiger partial charge in [0.25, 0.3) is 5.56 Å². The second kappa shape index (κ2) is 5.88. The van der Waals surface area contributed by atoms with Gasteiger partial charge in [0.05, 0.1) is 0 Å². The van der Waals surface area contributed by atoms with E-state index >= 15 is 0 Å². The molecule has 0 saturated heterocycles. The number of nitrogen functional groups attached to an aromatic ring is 1. The van der Waals surface area contributed by atoms with E-state index in [0.29, 0.717) is 0 Å². The molecule has 0 aliphatic heterocycles. The predicted molar refractivity (Wildman–Crippen MR) is 89.4 cm³/mol. The summed E-state index contributed by atoms with van der Waals surface area (Å²) in [7, 11) is 6.81. The minimum Gasteiger partial charge on any atom is -0.383 e.